The summed E-state index contributed by atoms with van der Waals surface area (Å²) in [5.74, 6) is 1.62. The van der Waals surface area contributed by atoms with Gasteiger partial charge >= 0.3 is 0 Å². The van der Waals surface area contributed by atoms with Crippen molar-refractivity contribution < 1.29 is 0 Å². The Morgan fingerprint density at radius 2 is 2.19 bits per heavy atom. The van der Waals surface area contributed by atoms with Crippen LogP contribution >= 0.6 is 34.2 Å². The number of anilines is 1. The average molecular weight is 352 g/mol. The molecule has 0 spiro atoms. The van der Waals surface area contributed by atoms with Gasteiger partial charge in [0.15, 0.2) is 0 Å². The highest BCUT2D eigenvalue weighted by atomic mass is 127. The van der Waals surface area contributed by atoms with Gasteiger partial charge in [-0.25, -0.2) is 9.97 Å². The highest BCUT2D eigenvalue weighted by molar-refractivity contribution is 14.1. The molecule has 0 aromatic carbocycles. The van der Waals surface area contributed by atoms with E-state index in [9.17, 15) is 0 Å². The van der Waals surface area contributed by atoms with Gasteiger partial charge in [-0.15, -0.1) is 11.6 Å². The molecule has 0 aliphatic carbocycles. The molecule has 1 aliphatic rings. The lowest BCUT2D eigenvalue weighted by atomic mass is 10.1. The van der Waals surface area contributed by atoms with E-state index in [1.807, 2.05) is 12.4 Å². The predicted octanol–water partition coefficient (Wildman–Crippen LogP) is 3.07. The van der Waals surface area contributed by atoms with Crippen LogP contribution in [-0.2, 0) is 0 Å². The minimum absolute atomic E-state index is 0.582. The van der Waals surface area contributed by atoms with Crippen molar-refractivity contribution in [3.8, 4) is 0 Å². The molecule has 3 nitrogen and oxygen atoms in total. The summed E-state index contributed by atoms with van der Waals surface area (Å²) in [6, 6.07) is 0.582. The summed E-state index contributed by atoms with van der Waals surface area (Å²) in [6.07, 6.45) is 8.46. The van der Waals surface area contributed by atoms with Crippen molar-refractivity contribution in [1.82, 2.24) is 9.97 Å². The number of alkyl halides is 1. The van der Waals surface area contributed by atoms with Crippen LogP contribution < -0.4 is 4.90 Å². The molecule has 1 aliphatic heterocycles. The molecule has 1 aromatic rings. The van der Waals surface area contributed by atoms with Crippen LogP contribution in [0.15, 0.2) is 12.4 Å². The second-order valence-corrected chi connectivity index (χ2v) is 5.65. The Bertz CT molecular complexity index is 331. The fraction of sp³-hybridized carbons (Fsp3) is 0.636. The zero-order valence-electron chi connectivity index (χ0n) is 9.07. The Hall–Kier alpha value is -0.100. The van der Waals surface area contributed by atoms with Crippen molar-refractivity contribution in [3.05, 3.63) is 16.0 Å². The number of halogens is 2. The normalized spacial score (nSPS) is 20.4. The largest absolute Gasteiger partial charge is 0.338 e. The van der Waals surface area contributed by atoms with Gasteiger partial charge in [0.1, 0.15) is 0 Å². The fourth-order valence-electron chi connectivity index (χ4n) is 2.17. The van der Waals surface area contributed by atoms with Crippen LogP contribution in [0.25, 0.3) is 0 Å². The van der Waals surface area contributed by atoms with Crippen LogP contribution in [0.1, 0.15) is 25.7 Å². The number of hydrogen-bond donors (Lipinski definition) is 0. The van der Waals surface area contributed by atoms with Gasteiger partial charge in [0.25, 0.3) is 0 Å². The van der Waals surface area contributed by atoms with Gasteiger partial charge < -0.3 is 4.90 Å². The molecular formula is C11H15ClIN3. The first-order valence-corrected chi connectivity index (χ1v) is 7.23. The smallest absolute Gasteiger partial charge is 0.225 e. The summed E-state index contributed by atoms with van der Waals surface area (Å²) < 4.78 is 1.08. The lowest BCUT2D eigenvalue weighted by Gasteiger charge is -2.24. The first kappa shape index (κ1) is 12.4. The van der Waals surface area contributed by atoms with Crippen LogP contribution in [0.2, 0.25) is 0 Å². The maximum atomic E-state index is 5.74. The number of nitrogens with zero attached hydrogens (tertiary/aromatic N) is 3. The molecule has 0 bridgehead atoms. The Kier molecular flexibility index (Phi) is 4.64. The zero-order valence-corrected chi connectivity index (χ0v) is 12.0. The SMILES string of the molecule is ClCCCC1CCCN1c1ncc(I)cn1. The summed E-state index contributed by atoms with van der Waals surface area (Å²) in [5.41, 5.74) is 0. The molecule has 2 heterocycles. The second kappa shape index (κ2) is 6.00. The molecule has 1 aromatic heterocycles. The van der Waals surface area contributed by atoms with Crippen molar-refractivity contribution in [2.75, 3.05) is 17.3 Å². The van der Waals surface area contributed by atoms with Gasteiger partial charge in [-0.1, -0.05) is 0 Å². The van der Waals surface area contributed by atoms with Gasteiger partial charge in [0.05, 0.1) is 0 Å². The van der Waals surface area contributed by atoms with Crippen molar-refractivity contribution in [1.29, 1.82) is 0 Å². The third-order valence-corrected chi connectivity index (χ3v) is 3.74. The molecule has 1 unspecified atom stereocenters. The lowest BCUT2D eigenvalue weighted by molar-refractivity contribution is 0.593. The fourth-order valence-corrected chi connectivity index (χ4v) is 2.60. The predicted molar refractivity (Wildman–Crippen MR) is 75.1 cm³/mol. The average Bonchev–Trinajstić information content (AvgIpc) is 2.75. The Labute approximate surface area is 115 Å². The molecular weight excluding hydrogens is 336 g/mol. The van der Waals surface area contributed by atoms with E-state index < -0.39 is 0 Å². The summed E-state index contributed by atoms with van der Waals surface area (Å²) in [4.78, 5) is 11.1. The molecule has 1 atom stereocenters. The molecule has 0 amide bonds. The van der Waals surface area contributed by atoms with E-state index in [0.29, 0.717) is 6.04 Å². The Balaban J connectivity index is 2.04. The molecule has 1 fully saturated rings. The molecule has 88 valence electrons. The monoisotopic (exact) mass is 351 g/mol. The van der Waals surface area contributed by atoms with Gasteiger partial charge in [0.2, 0.25) is 5.95 Å². The third-order valence-electron chi connectivity index (χ3n) is 2.91. The van der Waals surface area contributed by atoms with E-state index in [2.05, 4.69) is 37.5 Å². The van der Waals surface area contributed by atoms with E-state index in [1.54, 1.807) is 0 Å². The van der Waals surface area contributed by atoms with Crippen molar-refractivity contribution in [3.63, 3.8) is 0 Å². The Morgan fingerprint density at radius 3 is 2.88 bits per heavy atom. The van der Waals surface area contributed by atoms with E-state index in [4.69, 9.17) is 11.6 Å². The first-order valence-electron chi connectivity index (χ1n) is 5.61. The zero-order chi connectivity index (χ0) is 11.4. The quantitative estimate of drug-likeness (QED) is 0.617. The number of rotatable bonds is 4. The van der Waals surface area contributed by atoms with E-state index in [1.165, 1.54) is 12.8 Å². The van der Waals surface area contributed by atoms with E-state index in [-0.39, 0.29) is 0 Å². The maximum absolute atomic E-state index is 5.74. The summed E-state index contributed by atoms with van der Waals surface area (Å²) in [7, 11) is 0. The van der Waals surface area contributed by atoms with Gasteiger partial charge in [0, 0.05) is 34.4 Å². The molecule has 0 N–H and O–H groups in total. The highest BCUT2D eigenvalue weighted by Crippen LogP contribution is 2.25. The summed E-state index contributed by atoms with van der Waals surface area (Å²) >= 11 is 7.97. The maximum Gasteiger partial charge on any atom is 0.225 e. The molecule has 0 radical (unpaired) electrons. The van der Waals surface area contributed by atoms with Crippen LogP contribution in [0.4, 0.5) is 5.95 Å². The summed E-state index contributed by atoms with van der Waals surface area (Å²) in [6.45, 7) is 1.08. The topological polar surface area (TPSA) is 29.0 Å². The number of aromatic nitrogens is 2. The molecule has 0 saturated carbocycles. The van der Waals surface area contributed by atoms with Gasteiger partial charge in [-0.05, 0) is 48.3 Å². The second-order valence-electron chi connectivity index (χ2n) is 4.02. The van der Waals surface area contributed by atoms with Gasteiger partial charge in [-0.3, -0.25) is 0 Å². The van der Waals surface area contributed by atoms with Crippen molar-refractivity contribution in [2.45, 2.75) is 31.7 Å². The van der Waals surface area contributed by atoms with Crippen molar-refractivity contribution in [2.24, 2.45) is 0 Å². The molecule has 2 rings (SSSR count). The van der Waals surface area contributed by atoms with Crippen LogP contribution in [-0.4, -0.2) is 28.4 Å². The number of hydrogen-bond acceptors (Lipinski definition) is 3. The lowest BCUT2D eigenvalue weighted by Crippen LogP contribution is -2.30. The van der Waals surface area contributed by atoms with Crippen LogP contribution in [0.3, 0.4) is 0 Å². The minimum atomic E-state index is 0.582. The van der Waals surface area contributed by atoms with Crippen molar-refractivity contribution >= 4 is 40.1 Å². The Morgan fingerprint density at radius 1 is 1.44 bits per heavy atom. The summed E-state index contributed by atoms with van der Waals surface area (Å²) in [5, 5.41) is 0. The van der Waals surface area contributed by atoms with E-state index >= 15 is 0 Å². The van der Waals surface area contributed by atoms with Crippen LogP contribution in [0.5, 0.6) is 0 Å². The molecule has 5 heteroatoms. The van der Waals surface area contributed by atoms with Gasteiger partial charge in [-0.2, -0.15) is 0 Å². The van der Waals surface area contributed by atoms with E-state index in [0.717, 1.165) is 34.8 Å². The third kappa shape index (κ3) is 2.97. The standard InChI is InChI=1S/C11H15ClIN3/c12-5-1-3-10-4-2-6-16(10)11-14-7-9(13)8-15-11/h7-8,10H,1-6H2. The first-order chi connectivity index (χ1) is 7.81. The van der Waals surface area contributed by atoms with Crippen LogP contribution in [0, 0.1) is 3.57 Å². The highest BCUT2D eigenvalue weighted by Gasteiger charge is 2.25. The molecule has 16 heavy (non-hydrogen) atoms. The molecule has 1 saturated heterocycles. The minimum Gasteiger partial charge on any atom is -0.338 e.